The summed E-state index contributed by atoms with van der Waals surface area (Å²) in [7, 11) is 0. The molecule has 3 aromatic rings. The van der Waals surface area contributed by atoms with Crippen molar-refractivity contribution in [2.24, 2.45) is 11.7 Å². The Morgan fingerprint density at radius 3 is 2.29 bits per heavy atom. The van der Waals surface area contributed by atoms with Gasteiger partial charge in [0.2, 0.25) is 0 Å². The highest BCUT2D eigenvalue weighted by Crippen LogP contribution is 2.40. The summed E-state index contributed by atoms with van der Waals surface area (Å²) in [5, 5.41) is 0.691. The molecule has 2 N–H and O–H groups in total. The van der Waals surface area contributed by atoms with Crippen molar-refractivity contribution in [2.45, 2.75) is 44.8 Å². The van der Waals surface area contributed by atoms with Gasteiger partial charge in [0, 0.05) is 55.3 Å². The van der Waals surface area contributed by atoms with E-state index in [-0.39, 0.29) is 22.3 Å². The van der Waals surface area contributed by atoms with Crippen LogP contribution in [0.4, 0.5) is 29.3 Å². The van der Waals surface area contributed by atoms with Crippen molar-refractivity contribution in [3.8, 4) is 0 Å². The Kier molecular flexibility index (Phi) is 8.88. The molecule has 0 aliphatic carbocycles. The molecule has 42 heavy (non-hydrogen) atoms. The molecule has 0 bridgehead atoms. The molecule has 0 aromatic heterocycles. The van der Waals surface area contributed by atoms with Gasteiger partial charge in [0.15, 0.2) is 0 Å². The minimum Gasteiger partial charge on any atom is -0.368 e. The molecular weight excluding hydrogens is 561 g/mol. The highest BCUT2D eigenvalue weighted by atomic mass is 35.5. The quantitative estimate of drug-likeness (QED) is 0.294. The van der Waals surface area contributed by atoms with E-state index in [1.165, 1.54) is 11.6 Å². The predicted octanol–water partition coefficient (Wildman–Crippen LogP) is 7.84. The van der Waals surface area contributed by atoms with Gasteiger partial charge in [-0.2, -0.15) is 13.2 Å². The molecule has 2 amide bonds. The van der Waals surface area contributed by atoms with Crippen LogP contribution in [-0.2, 0) is 6.18 Å². The average Bonchev–Trinajstić information content (AvgIpc) is 3.43. The van der Waals surface area contributed by atoms with Crippen molar-refractivity contribution in [3.05, 3.63) is 94.5 Å². The van der Waals surface area contributed by atoms with Gasteiger partial charge in [-0.15, -0.1) is 0 Å². The lowest BCUT2D eigenvalue weighted by molar-refractivity contribution is -0.137. The minimum atomic E-state index is -4.44. The second-order valence-electron chi connectivity index (χ2n) is 12.0. The molecule has 2 fully saturated rings. The van der Waals surface area contributed by atoms with Gasteiger partial charge in [0.05, 0.1) is 18.7 Å². The summed E-state index contributed by atoms with van der Waals surface area (Å²) < 4.78 is 41.0. The molecule has 2 unspecified atom stereocenters. The summed E-state index contributed by atoms with van der Waals surface area (Å²) in [6.07, 6.45) is -2.98. The summed E-state index contributed by atoms with van der Waals surface area (Å²) in [6, 6.07) is 21.3. The topological polar surface area (TPSA) is 49.6 Å². The number of likely N-dealkylation sites (tertiary alicyclic amines) is 1. The molecule has 5 nitrogen and oxygen atoms in total. The van der Waals surface area contributed by atoms with Crippen LogP contribution in [0.5, 0.6) is 0 Å². The number of alkyl halides is 3. The first kappa shape index (κ1) is 30.4. The minimum absolute atomic E-state index is 0.0708. The Morgan fingerprint density at radius 1 is 1.00 bits per heavy atom. The van der Waals surface area contributed by atoms with Crippen LogP contribution in [0.25, 0.3) is 0 Å². The molecule has 2 aliphatic rings. The number of quaternary nitrogens is 1. The molecule has 9 heteroatoms. The number of nitrogens with two attached hydrogens (primary N) is 1. The third kappa shape index (κ3) is 6.31. The zero-order valence-electron chi connectivity index (χ0n) is 24.2. The molecule has 0 radical (unpaired) electrons. The van der Waals surface area contributed by atoms with Crippen LogP contribution in [0.2, 0.25) is 5.02 Å². The van der Waals surface area contributed by atoms with Crippen molar-refractivity contribution in [3.63, 3.8) is 0 Å². The zero-order chi connectivity index (χ0) is 30.1. The summed E-state index contributed by atoms with van der Waals surface area (Å²) in [5.74, 6) is 0.469. The lowest BCUT2D eigenvalue weighted by atomic mass is 9.94. The SMILES string of the molecule is CC(C)C[C@H](N)c1cc(C(F)(F)F)ccc1N1CCN(C(=O)[N+]2(c3ccccc3)CCC(c3ccc(Cl)cc3)C2)CC1. The Hall–Kier alpha value is -3.07. The molecule has 224 valence electrons. The number of halogens is 4. The van der Waals surface area contributed by atoms with Gasteiger partial charge in [-0.05, 0) is 65.9 Å². The molecule has 3 aromatic carbocycles. The number of amides is 2. The molecular formula is C33H39ClF3N4O+. The van der Waals surface area contributed by atoms with Crippen LogP contribution in [0.15, 0.2) is 72.8 Å². The third-order valence-electron chi connectivity index (χ3n) is 8.72. The molecule has 5 rings (SSSR count). The van der Waals surface area contributed by atoms with Crippen molar-refractivity contribution in [2.75, 3.05) is 44.2 Å². The van der Waals surface area contributed by atoms with Gasteiger partial charge in [0.25, 0.3) is 0 Å². The van der Waals surface area contributed by atoms with E-state index >= 15 is 0 Å². The predicted molar refractivity (Wildman–Crippen MR) is 164 cm³/mol. The fraction of sp³-hybridized carbons (Fsp3) is 0.424. The van der Waals surface area contributed by atoms with E-state index in [1.807, 2.05) is 73.3 Å². The van der Waals surface area contributed by atoms with Gasteiger partial charge >= 0.3 is 12.2 Å². The maximum atomic E-state index is 14.4. The van der Waals surface area contributed by atoms with Crippen molar-refractivity contribution in [1.82, 2.24) is 9.38 Å². The number of hydrogen-bond donors (Lipinski definition) is 1. The molecule has 2 aliphatic heterocycles. The van der Waals surface area contributed by atoms with Crippen LogP contribution in [-0.4, -0.2) is 50.2 Å². The molecule has 3 atom stereocenters. The standard InChI is InChI=1S/C33H39ClF3N4O/c1-23(2)20-30(38)29-21-26(33(35,36)37)10-13-31(29)39-15-17-40(18-16-39)32(42)41(28-6-4-3-5-7-28)19-14-25(22-41)24-8-11-27(34)12-9-24/h3-13,21,23,25,30H,14-20,22,38H2,1-2H3/q+1/t25?,30-,41?/m0/s1. The maximum Gasteiger partial charge on any atom is 0.424 e. The fourth-order valence-corrected chi connectivity index (χ4v) is 6.66. The fourth-order valence-electron chi connectivity index (χ4n) is 6.53. The third-order valence-corrected chi connectivity index (χ3v) is 8.97. The lowest BCUT2D eigenvalue weighted by Crippen LogP contribution is -2.62. The van der Waals surface area contributed by atoms with Gasteiger partial charge in [0.1, 0.15) is 5.69 Å². The van der Waals surface area contributed by atoms with E-state index in [0.29, 0.717) is 56.3 Å². The Morgan fingerprint density at radius 2 is 1.67 bits per heavy atom. The number of benzene rings is 3. The molecule has 2 heterocycles. The number of rotatable bonds is 6. The average molecular weight is 600 g/mol. The van der Waals surface area contributed by atoms with Gasteiger partial charge in [-0.25, -0.2) is 9.28 Å². The number of nitrogens with zero attached hydrogens (tertiary/aromatic N) is 3. The van der Waals surface area contributed by atoms with Crippen LogP contribution in [0.1, 0.15) is 55.3 Å². The van der Waals surface area contributed by atoms with E-state index in [2.05, 4.69) is 4.90 Å². The first-order chi connectivity index (χ1) is 20.0. The number of hydrogen-bond acceptors (Lipinski definition) is 3. The number of para-hydroxylation sites is 1. The zero-order valence-corrected chi connectivity index (χ0v) is 24.9. The summed E-state index contributed by atoms with van der Waals surface area (Å²) in [4.78, 5) is 18.4. The van der Waals surface area contributed by atoms with E-state index in [4.69, 9.17) is 17.3 Å². The molecule has 2 saturated heterocycles. The van der Waals surface area contributed by atoms with Gasteiger partial charge < -0.3 is 10.6 Å². The Bertz CT molecular complexity index is 1370. The smallest absolute Gasteiger partial charge is 0.368 e. The largest absolute Gasteiger partial charge is 0.424 e. The highest BCUT2D eigenvalue weighted by Gasteiger charge is 2.49. The van der Waals surface area contributed by atoms with E-state index in [9.17, 15) is 18.0 Å². The van der Waals surface area contributed by atoms with Crippen molar-refractivity contribution < 1.29 is 18.0 Å². The van der Waals surface area contributed by atoms with E-state index in [1.54, 1.807) is 6.07 Å². The lowest BCUT2D eigenvalue weighted by Gasteiger charge is -2.41. The molecule has 0 saturated carbocycles. The van der Waals surface area contributed by atoms with Crippen molar-refractivity contribution >= 4 is 29.0 Å². The summed E-state index contributed by atoms with van der Waals surface area (Å²) in [6.45, 7) is 7.40. The first-order valence-corrected chi connectivity index (χ1v) is 15.0. The second kappa shape index (κ2) is 12.3. The number of carbonyl (C=O) groups is 1. The monoisotopic (exact) mass is 599 g/mol. The van der Waals surface area contributed by atoms with E-state index < -0.39 is 17.8 Å². The maximum absolute atomic E-state index is 14.4. The number of anilines is 1. The molecule has 0 spiro atoms. The summed E-state index contributed by atoms with van der Waals surface area (Å²) in [5.41, 5.74) is 9.16. The number of carbonyl (C=O) groups excluding carboxylic acids is 1. The normalized spacial score (nSPS) is 22.0. The second-order valence-corrected chi connectivity index (χ2v) is 12.4. The van der Waals surface area contributed by atoms with Gasteiger partial charge in [-0.3, -0.25) is 4.90 Å². The van der Waals surface area contributed by atoms with Crippen LogP contribution >= 0.6 is 11.6 Å². The highest BCUT2D eigenvalue weighted by molar-refractivity contribution is 6.30. The Balaban J connectivity index is 1.37. The number of piperazine rings is 1. The van der Waals surface area contributed by atoms with Gasteiger partial charge in [-0.1, -0.05) is 55.8 Å². The number of urea groups is 1. The van der Waals surface area contributed by atoms with Crippen molar-refractivity contribution in [1.29, 1.82) is 0 Å². The van der Waals surface area contributed by atoms with Crippen LogP contribution in [0.3, 0.4) is 0 Å². The van der Waals surface area contributed by atoms with Crippen LogP contribution < -0.4 is 15.1 Å². The Labute approximate surface area is 251 Å². The van der Waals surface area contributed by atoms with Crippen LogP contribution in [0, 0.1) is 5.92 Å². The van der Waals surface area contributed by atoms with E-state index in [0.717, 1.165) is 23.9 Å². The first-order valence-electron chi connectivity index (χ1n) is 14.7. The summed E-state index contributed by atoms with van der Waals surface area (Å²) >= 11 is 6.13.